The second kappa shape index (κ2) is 32.6. The molecule has 0 heterocycles. The number of ether oxygens (including phenoxy) is 2. The number of allylic oxidation sites excluding steroid dienone is 8. The molecule has 1 atom stereocenters. The van der Waals surface area contributed by atoms with Crippen molar-refractivity contribution in [2.45, 2.75) is 148 Å². The molecule has 226 valence electrons. The molecule has 0 aromatic heterocycles. The molecule has 0 aliphatic rings. The fourth-order valence-electron chi connectivity index (χ4n) is 4.17. The molecular formula is C35H62O4. The maximum atomic E-state index is 12.1. The summed E-state index contributed by atoms with van der Waals surface area (Å²) in [6, 6.07) is 0. The molecule has 0 aliphatic carbocycles. The zero-order valence-corrected chi connectivity index (χ0v) is 25.6. The topological polar surface area (TPSA) is 55.8 Å². The molecule has 1 N–H and O–H groups in total. The van der Waals surface area contributed by atoms with Crippen LogP contribution < -0.4 is 0 Å². The molecule has 0 rings (SSSR count). The van der Waals surface area contributed by atoms with Crippen LogP contribution in [0.25, 0.3) is 0 Å². The summed E-state index contributed by atoms with van der Waals surface area (Å²) < 4.78 is 11.0. The van der Waals surface area contributed by atoms with Crippen molar-refractivity contribution >= 4 is 5.97 Å². The molecule has 4 heteroatoms. The Bertz CT molecular complexity index is 620. The van der Waals surface area contributed by atoms with E-state index in [4.69, 9.17) is 9.47 Å². The summed E-state index contributed by atoms with van der Waals surface area (Å²) >= 11 is 0. The molecule has 0 aromatic carbocycles. The third-order valence-corrected chi connectivity index (χ3v) is 6.59. The fourth-order valence-corrected chi connectivity index (χ4v) is 4.17. The SMILES string of the molecule is CCC/C=C\C/C=C\CCCCCCCCOCC(CO)OC(=O)CCCCCCC/C=C\C/C=C\CCC. The van der Waals surface area contributed by atoms with E-state index in [2.05, 4.69) is 62.5 Å². The molecular weight excluding hydrogens is 484 g/mol. The lowest BCUT2D eigenvalue weighted by Crippen LogP contribution is -2.27. The molecule has 4 nitrogen and oxygen atoms in total. The molecule has 0 saturated heterocycles. The standard InChI is InChI=1S/C35H62O4/c1-3-5-7-9-11-13-15-17-19-21-23-25-27-29-31-38-33-34(32-36)39-35(37)30-28-26-24-22-20-18-16-14-12-10-8-6-4-2/h7-10,13-16,34,36H,3-6,11-12,17-33H2,1-2H3/b9-7-,10-8-,15-13-,16-14-. The quantitative estimate of drug-likeness (QED) is 0.0576. The van der Waals surface area contributed by atoms with Crippen LogP contribution in [0.3, 0.4) is 0 Å². The highest BCUT2D eigenvalue weighted by molar-refractivity contribution is 5.69. The number of hydrogen-bond acceptors (Lipinski definition) is 4. The van der Waals surface area contributed by atoms with E-state index in [9.17, 15) is 9.90 Å². The molecule has 39 heavy (non-hydrogen) atoms. The highest BCUT2D eigenvalue weighted by Gasteiger charge is 2.13. The van der Waals surface area contributed by atoms with Gasteiger partial charge in [0, 0.05) is 13.0 Å². The first-order valence-corrected chi connectivity index (χ1v) is 16.2. The zero-order valence-electron chi connectivity index (χ0n) is 25.6. The Kier molecular flexibility index (Phi) is 31.2. The average Bonchev–Trinajstić information content (AvgIpc) is 2.94. The summed E-state index contributed by atoms with van der Waals surface area (Å²) in [6.07, 6.45) is 39.9. The van der Waals surface area contributed by atoms with Gasteiger partial charge in [-0.2, -0.15) is 0 Å². The molecule has 0 amide bonds. The van der Waals surface area contributed by atoms with E-state index in [0.29, 0.717) is 13.0 Å². The maximum absolute atomic E-state index is 12.1. The van der Waals surface area contributed by atoms with Crippen LogP contribution in [-0.4, -0.2) is 37.0 Å². The minimum absolute atomic E-state index is 0.183. The predicted molar refractivity (Wildman–Crippen MR) is 168 cm³/mol. The van der Waals surface area contributed by atoms with E-state index in [1.54, 1.807) is 0 Å². The molecule has 0 aromatic rings. The van der Waals surface area contributed by atoms with Crippen LogP contribution in [0.5, 0.6) is 0 Å². The summed E-state index contributed by atoms with van der Waals surface area (Å²) in [5, 5.41) is 9.51. The number of unbranched alkanes of at least 4 members (excludes halogenated alkanes) is 13. The van der Waals surface area contributed by atoms with Gasteiger partial charge in [0.25, 0.3) is 0 Å². The lowest BCUT2D eigenvalue weighted by molar-refractivity contribution is -0.154. The minimum atomic E-state index is -0.545. The second-order valence-electron chi connectivity index (χ2n) is 10.5. The maximum Gasteiger partial charge on any atom is 0.306 e. The van der Waals surface area contributed by atoms with Crippen LogP contribution in [0.1, 0.15) is 142 Å². The highest BCUT2D eigenvalue weighted by atomic mass is 16.6. The number of esters is 1. The normalized spacial score (nSPS) is 13.0. The third-order valence-electron chi connectivity index (χ3n) is 6.59. The smallest absolute Gasteiger partial charge is 0.306 e. The van der Waals surface area contributed by atoms with Gasteiger partial charge in [0.1, 0.15) is 6.10 Å². The van der Waals surface area contributed by atoms with Crippen LogP contribution in [0.2, 0.25) is 0 Å². The number of carbonyl (C=O) groups excluding carboxylic acids is 1. The second-order valence-corrected chi connectivity index (χ2v) is 10.5. The summed E-state index contributed by atoms with van der Waals surface area (Å²) in [7, 11) is 0. The Morgan fingerprint density at radius 2 is 1.08 bits per heavy atom. The number of aliphatic hydroxyl groups is 1. The van der Waals surface area contributed by atoms with Gasteiger partial charge in [0.2, 0.25) is 0 Å². The molecule has 0 saturated carbocycles. The van der Waals surface area contributed by atoms with Gasteiger partial charge < -0.3 is 14.6 Å². The molecule has 0 aliphatic heterocycles. The van der Waals surface area contributed by atoms with Crippen molar-refractivity contribution in [2.24, 2.45) is 0 Å². The average molecular weight is 547 g/mol. The van der Waals surface area contributed by atoms with Crippen molar-refractivity contribution in [3.63, 3.8) is 0 Å². The van der Waals surface area contributed by atoms with Gasteiger partial charge in [-0.3, -0.25) is 4.79 Å². The van der Waals surface area contributed by atoms with E-state index in [1.807, 2.05) is 0 Å². The fraction of sp³-hybridized carbons (Fsp3) is 0.743. The van der Waals surface area contributed by atoms with Gasteiger partial charge in [-0.15, -0.1) is 0 Å². The third kappa shape index (κ3) is 30.7. The first-order valence-electron chi connectivity index (χ1n) is 16.2. The lowest BCUT2D eigenvalue weighted by atomic mass is 10.1. The van der Waals surface area contributed by atoms with Crippen LogP contribution in [0, 0.1) is 0 Å². The van der Waals surface area contributed by atoms with Crippen LogP contribution in [0.4, 0.5) is 0 Å². The van der Waals surface area contributed by atoms with Gasteiger partial charge in [0.15, 0.2) is 0 Å². The van der Waals surface area contributed by atoms with Gasteiger partial charge in [0.05, 0.1) is 13.2 Å². The van der Waals surface area contributed by atoms with E-state index in [-0.39, 0.29) is 19.2 Å². The lowest BCUT2D eigenvalue weighted by Gasteiger charge is -2.15. The van der Waals surface area contributed by atoms with E-state index < -0.39 is 6.10 Å². The first kappa shape index (κ1) is 37.4. The monoisotopic (exact) mass is 546 g/mol. The molecule has 0 fully saturated rings. The van der Waals surface area contributed by atoms with E-state index in [0.717, 1.165) is 51.4 Å². The molecule has 0 spiro atoms. The van der Waals surface area contributed by atoms with E-state index in [1.165, 1.54) is 70.6 Å². The van der Waals surface area contributed by atoms with Crippen LogP contribution >= 0.6 is 0 Å². The van der Waals surface area contributed by atoms with Crippen LogP contribution in [0.15, 0.2) is 48.6 Å². The van der Waals surface area contributed by atoms with Crippen molar-refractivity contribution in [1.82, 2.24) is 0 Å². The number of hydrogen-bond donors (Lipinski definition) is 1. The molecule has 0 radical (unpaired) electrons. The van der Waals surface area contributed by atoms with Crippen molar-refractivity contribution in [1.29, 1.82) is 0 Å². The van der Waals surface area contributed by atoms with Gasteiger partial charge in [-0.05, 0) is 64.2 Å². The Morgan fingerprint density at radius 1 is 0.615 bits per heavy atom. The largest absolute Gasteiger partial charge is 0.457 e. The predicted octanol–water partition coefficient (Wildman–Crippen LogP) is 9.97. The summed E-state index contributed by atoms with van der Waals surface area (Å²) in [4.78, 5) is 12.1. The summed E-state index contributed by atoms with van der Waals surface area (Å²) in [6.45, 7) is 5.16. The van der Waals surface area contributed by atoms with Gasteiger partial charge in [-0.25, -0.2) is 0 Å². The van der Waals surface area contributed by atoms with Crippen LogP contribution in [-0.2, 0) is 14.3 Å². The number of aliphatic hydroxyl groups excluding tert-OH is 1. The summed E-state index contributed by atoms with van der Waals surface area (Å²) in [5.74, 6) is -0.223. The van der Waals surface area contributed by atoms with Crippen molar-refractivity contribution in [3.8, 4) is 0 Å². The van der Waals surface area contributed by atoms with Crippen molar-refractivity contribution < 1.29 is 19.4 Å². The Labute approximate surface area is 242 Å². The first-order chi connectivity index (χ1) is 19.2. The Morgan fingerprint density at radius 3 is 1.59 bits per heavy atom. The minimum Gasteiger partial charge on any atom is -0.457 e. The van der Waals surface area contributed by atoms with Gasteiger partial charge in [-0.1, -0.05) is 120 Å². The number of carbonyl (C=O) groups is 1. The zero-order chi connectivity index (χ0) is 28.5. The number of rotatable bonds is 29. The van der Waals surface area contributed by atoms with Crippen molar-refractivity contribution in [3.05, 3.63) is 48.6 Å². The van der Waals surface area contributed by atoms with E-state index >= 15 is 0 Å². The summed E-state index contributed by atoms with van der Waals surface area (Å²) in [5.41, 5.74) is 0. The molecule has 0 bridgehead atoms. The molecule has 1 unspecified atom stereocenters. The van der Waals surface area contributed by atoms with Crippen molar-refractivity contribution in [2.75, 3.05) is 19.8 Å². The Hall–Kier alpha value is -1.65. The Balaban J connectivity index is 3.51. The highest BCUT2D eigenvalue weighted by Crippen LogP contribution is 2.10. The van der Waals surface area contributed by atoms with Gasteiger partial charge >= 0.3 is 5.97 Å².